The standard InChI is InChI=1S/C15H21N5OS/c1-9-13(15(16-3)22-19-9)14(21)18-12-8-17-20(10(12)2)11-6-4-5-7-11/h8,11,16H,4-7H2,1-3H3,(H,18,21). The lowest BCUT2D eigenvalue weighted by Gasteiger charge is -2.13. The summed E-state index contributed by atoms with van der Waals surface area (Å²) >= 11 is 1.30. The van der Waals surface area contributed by atoms with Gasteiger partial charge in [0.2, 0.25) is 0 Å². The molecule has 1 fully saturated rings. The summed E-state index contributed by atoms with van der Waals surface area (Å²) in [4.78, 5) is 12.5. The van der Waals surface area contributed by atoms with Crippen LogP contribution in [0.4, 0.5) is 10.7 Å². The molecule has 6 nitrogen and oxygen atoms in total. The number of nitrogens with zero attached hydrogens (tertiary/aromatic N) is 3. The van der Waals surface area contributed by atoms with E-state index in [1.807, 2.05) is 13.8 Å². The molecular formula is C15H21N5OS. The first-order valence-corrected chi connectivity index (χ1v) is 8.38. The van der Waals surface area contributed by atoms with Gasteiger partial charge >= 0.3 is 0 Å². The molecule has 1 aliphatic carbocycles. The van der Waals surface area contributed by atoms with Crippen LogP contribution in [0.15, 0.2) is 6.20 Å². The maximum absolute atomic E-state index is 12.5. The predicted octanol–water partition coefficient (Wildman–Crippen LogP) is 3.37. The van der Waals surface area contributed by atoms with Crippen molar-refractivity contribution >= 4 is 28.1 Å². The fourth-order valence-electron chi connectivity index (χ4n) is 3.06. The van der Waals surface area contributed by atoms with Crippen molar-refractivity contribution in [3.8, 4) is 0 Å². The largest absolute Gasteiger partial charge is 0.378 e. The Kier molecular flexibility index (Phi) is 4.15. The van der Waals surface area contributed by atoms with E-state index in [4.69, 9.17) is 0 Å². The van der Waals surface area contributed by atoms with Crippen LogP contribution in [0.2, 0.25) is 0 Å². The Bertz CT molecular complexity index is 684. The van der Waals surface area contributed by atoms with E-state index in [0.717, 1.165) is 22.1 Å². The van der Waals surface area contributed by atoms with Gasteiger partial charge in [0.25, 0.3) is 5.91 Å². The van der Waals surface area contributed by atoms with Gasteiger partial charge in [0.15, 0.2) is 0 Å². The van der Waals surface area contributed by atoms with Crippen LogP contribution < -0.4 is 10.6 Å². The van der Waals surface area contributed by atoms with Crippen molar-refractivity contribution < 1.29 is 4.79 Å². The number of hydrogen-bond donors (Lipinski definition) is 2. The van der Waals surface area contributed by atoms with Gasteiger partial charge in [0.1, 0.15) is 5.00 Å². The molecule has 1 amide bonds. The van der Waals surface area contributed by atoms with Crippen LogP contribution in [-0.2, 0) is 0 Å². The van der Waals surface area contributed by atoms with Gasteiger partial charge in [-0.3, -0.25) is 9.48 Å². The van der Waals surface area contributed by atoms with E-state index in [2.05, 4.69) is 24.8 Å². The zero-order valence-corrected chi connectivity index (χ0v) is 14.0. The zero-order chi connectivity index (χ0) is 15.7. The van der Waals surface area contributed by atoms with Gasteiger partial charge in [0, 0.05) is 7.05 Å². The molecule has 0 unspecified atom stereocenters. The number of carbonyl (C=O) groups is 1. The van der Waals surface area contributed by atoms with Gasteiger partial charge in [-0.05, 0) is 38.2 Å². The van der Waals surface area contributed by atoms with E-state index in [0.29, 0.717) is 11.6 Å². The Balaban J connectivity index is 1.81. The Morgan fingerprint density at radius 1 is 1.36 bits per heavy atom. The number of carbonyl (C=O) groups excluding carboxylic acids is 1. The highest BCUT2D eigenvalue weighted by atomic mass is 32.1. The average molecular weight is 319 g/mol. The lowest BCUT2D eigenvalue weighted by molar-refractivity contribution is 0.102. The summed E-state index contributed by atoms with van der Waals surface area (Å²) < 4.78 is 6.29. The van der Waals surface area contributed by atoms with E-state index >= 15 is 0 Å². The minimum absolute atomic E-state index is 0.135. The maximum Gasteiger partial charge on any atom is 0.260 e. The number of rotatable bonds is 4. The van der Waals surface area contributed by atoms with Crippen LogP contribution in [0.25, 0.3) is 0 Å². The van der Waals surface area contributed by atoms with E-state index in [-0.39, 0.29) is 5.91 Å². The minimum atomic E-state index is -0.135. The summed E-state index contributed by atoms with van der Waals surface area (Å²) in [6.45, 7) is 3.86. The molecule has 1 saturated carbocycles. The van der Waals surface area contributed by atoms with Gasteiger partial charge < -0.3 is 10.6 Å². The summed E-state index contributed by atoms with van der Waals surface area (Å²) in [6, 6.07) is 0.475. The summed E-state index contributed by atoms with van der Waals surface area (Å²) in [5.74, 6) is -0.135. The van der Waals surface area contributed by atoms with Crippen LogP contribution in [0, 0.1) is 13.8 Å². The van der Waals surface area contributed by atoms with Crippen LogP contribution >= 0.6 is 11.5 Å². The Morgan fingerprint density at radius 3 is 2.77 bits per heavy atom. The quantitative estimate of drug-likeness (QED) is 0.906. The smallest absolute Gasteiger partial charge is 0.260 e. The molecule has 0 spiro atoms. The third-order valence-corrected chi connectivity index (χ3v) is 5.24. The molecule has 0 aromatic carbocycles. The van der Waals surface area contributed by atoms with Gasteiger partial charge in [-0.15, -0.1) is 0 Å². The van der Waals surface area contributed by atoms with Gasteiger partial charge in [-0.1, -0.05) is 12.8 Å². The van der Waals surface area contributed by atoms with Crippen molar-refractivity contribution in [1.82, 2.24) is 14.2 Å². The van der Waals surface area contributed by atoms with Crippen molar-refractivity contribution in [3.05, 3.63) is 23.1 Å². The van der Waals surface area contributed by atoms with Crippen molar-refractivity contribution in [2.45, 2.75) is 45.6 Å². The molecule has 2 aromatic heterocycles. The number of aryl methyl sites for hydroxylation is 1. The monoisotopic (exact) mass is 319 g/mol. The van der Waals surface area contributed by atoms with Crippen molar-refractivity contribution in [2.24, 2.45) is 0 Å². The lowest BCUT2D eigenvalue weighted by Crippen LogP contribution is -2.15. The van der Waals surface area contributed by atoms with Gasteiger partial charge in [-0.25, -0.2) is 0 Å². The molecule has 0 atom stereocenters. The topological polar surface area (TPSA) is 71.8 Å². The predicted molar refractivity (Wildman–Crippen MR) is 88.8 cm³/mol. The number of anilines is 2. The van der Waals surface area contributed by atoms with Gasteiger partial charge in [-0.2, -0.15) is 9.47 Å². The van der Waals surface area contributed by atoms with Crippen LogP contribution in [0.5, 0.6) is 0 Å². The third-order valence-electron chi connectivity index (χ3n) is 4.28. The highest BCUT2D eigenvalue weighted by molar-refractivity contribution is 7.10. The molecule has 3 rings (SSSR count). The average Bonchev–Trinajstić information content (AvgIpc) is 3.20. The van der Waals surface area contributed by atoms with E-state index in [1.54, 1.807) is 13.2 Å². The van der Waals surface area contributed by atoms with E-state index in [9.17, 15) is 4.79 Å². The second kappa shape index (κ2) is 6.08. The van der Waals surface area contributed by atoms with Crippen molar-refractivity contribution in [3.63, 3.8) is 0 Å². The molecule has 0 radical (unpaired) electrons. The van der Waals surface area contributed by atoms with E-state index < -0.39 is 0 Å². The van der Waals surface area contributed by atoms with Crippen molar-refractivity contribution in [1.29, 1.82) is 0 Å². The minimum Gasteiger partial charge on any atom is -0.378 e. The molecule has 0 bridgehead atoms. The molecule has 2 aromatic rings. The number of hydrogen-bond acceptors (Lipinski definition) is 5. The number of nitrogens with one attached hydrogen (secondary N) is 2. The summed E-state index contributed by atoms with van der Waals surface area (Å²) in [5, 5.41) is 11.3. The number of aromatic nitrogens is 3. The van der Waals surface area contributed by atoms with Gasteiger partial charge in [0.05, 0.1) is 34.9 Å². The summed E-state index contributed by atoms with van der Waals surface area (Å²) in [5.41, 5.74) is 3.16. The van der Waals surface area contributed by atoms with Crippen LogP contribution in [0.3, 0.4) is 0 Å². The molecular weight excluding hydrogens is 298 g/mol. The molecule has 118 valence electrons. The first-order chi connectivity index (χ1) is 10.6. The fraction of sp³-hybridized carbons (Fsp3) is 0.533. The molecule has 2 heterocycles. The molecule has 1 aliphatic rings. The first-order valence-electron chi connectivity index (χ1n) is 7.61. The first kappa shape index (κ1) is 15.0. The lowest BCUT2D eigenvalue weighted by atomic mass is 10.2. The molecule has 2 N–H and O–H groups in total. The highest BCUT2D eigenvalue weighted by Gasteiger charge is 2.23. The maximum atomic E-state index is 12.5. The molecule has 22 heavy (non-hydrogen) atoms. The Labute approximate surface area is 134 Å². The van der Waals surface area contributed by atoms with Crippen LogP contribution in [0.1, 0.15) is 53.5 Å². The second-order valence-electron chi connectivity index (χ2n) is 5.70. The fourth-order valence-corrected chi connectivity index (χ4v) is 3.80. The van der Waals surface area contributed by atoms with E-state index in [1.165, 1.54) is 37.2 Å². The normalized spacial score (nSPS) is 15.2. The third kappa shape index (κ3) is 2.61. The Morgan fingerprint density at radius 2 is 2.09 bits per heavy atom. The molecule has 7 heteroatoms. The number of amides is 1. The SMILES string of the molecule is CNc1snc(C)c1C(=O)Nc1cnn(C2CCCC2)c1C. The summed E-state index contributed by atoms with van der Waals surface area (Å²) in [6.07, 6.45) is 6.62. The zero-order valence-electron chi connectivity index (χ0n) is 13.1. The molecule has 0 saturated heterocycles. The van der Waals surface area contributed by atoms with Crippen molar-refractivity contribution in [2.75, 3.05) is 17.7 Å². The highest BCUT2D eigenvalue weighted by Crippen LogP contribution is 2.32. The Hall–Kier alpha value is -1.89. The summed E-state index contributed by atoms with van der Waals surface area (Å²) in [7, 11) is 1.80. The molecule has 0 aliphatic heterocycles. The second-order valence-corrected chi connectivity index (χ2v) is 6.48. The van der Waals surface area contributed by atoms with Crippen LogP contribution in [-0.4, -0.2) is 27.1 Å².